The van der Waals surface area contributed by atoms with Gasteiger partial charge in [0.25, 0.3) is 5.91 Å². The maximum Gasteiger partial charge on any atom is 0.270 e. The molecule has 0 saturated carbocycles. The molecule has 1 aromatic carbocycles. The Bertz CT molecular complexity index is 801. The standard InChI is InChI=1S/C18H22N4O3S/c1-12(13-3-4-15-16(9-13)25-11-24-15)21-5-7-22(8-6-21)18-20-14(10-26-18)17(23)19-2/h3-4,9-10,12H,5-8,11H2,1-2H3,(H,19,23). The van der Waals surface area contributed by atoms with Crippen molar-refractivity contribution in [1.82, 2.24) is 15.2 Å². The third kappa shape index (κ3) is 3.22. The Morgan fingerprint density at radius 2 is 2.00 bits per heavy atom. The molecule has 138 valence electrons. The highest BCUT2D eigenvalue weighted by Gasteiger charge is 2.25. The first kappa shape index (κ1) is 17.1. The number of ether oxygens (including phenoxy) is 2. The van der Waals surface area contributed by atoms with E-state index in [1.165, 1.54) is 16.9 Å². The van der Waals surface area contributed by atoms with E-state index < -0.39 is 0 Å². The molecule has 0 bridgehead atoms. The van der Waals surface area contributed by atoms with E-state index in [2.05, 4.69) is 39.2 Å². The molecule has 7 nitrogen and oxygen atoms in total. The molecule has 4 rings (SSSR count). The van der Waals surface area contributed by atoms with Crippen molar-refractivity contribution in [3.63, 3.8) is 0 Å². The van der Waals surface area contributed by atoms with Gasteiger partial charge in [-0.3, -0.25) is 9.69 Å². The van der Waals surface area contributed by atoms with Crippen LogP contribution in [-0.2, 0) is 0 Å². The quantitative estimate of drug-likeness (QED) is 0.884. The number of fused-ring (bicyclic) bond motifs is 1. The fourth-order valence-corrected chi connectivity index (χ4v) is 4.19. The number of carbonyl (C=O) groups is 1. The van der Waals surface area contributed by atoms with E-state index in [0.29, 0.717) is 18.5 Å². The van der Waals surface area contributed by atoms with Crippen LogP contribution in [0.5, 0.6) is 11.5 Å². The van der Waals surface area contributed by atoms with Gasteiger partial charge in [-0.15, -0.1) is 11.3 Å². The molecule has 1 N–H and O–H groups in total. The second-order valence-corrected chi connectivity index (χ2v) is 7.24. The van der Waals surface area contributed by atoms with Gasteiger partial charge in [0.2, 0.25) is 6.79 Å². The van der Waals surface area contributed by atoms with Crippen LogP contribution in [0.1, 0.15) is 29.0 Å². The molecule has 26 heavy (non-hydrogen) atoms. The van der Waals surface area contributed by atoms with Gasteiger partial charge in [-0.25, -0.2) is 4.98 Å². The molecule has 1 atom stereocenters. The molecule has 3 heterocycles. The summed E-state index contributed by atoms with van der Waals surface area (Å²) in [6.07, 6.45) is 0. The number of thiazole rings is 1. The highest BCUT2D eigenvalue weighted by atomic mass is 32.1. The van der Waals surface area contributed by atoms with Crippen molar-refractivity contribution < 1.29 is 14.3 Å². The second-order valence-electron chi connectivity index (χ2n) is 6.41. The summed E-state index contributed by atoms with van der Waals surface area (Å²) in [5.74, 6) is 1.52. The first-order valence-electron chi connectivity index (χ1n) is 8.72. The van der Waals surface area contributed by atoms with Gasteiger partial charge in [0, 0.05) is 44.6 Å². The van der Waals surface area contributed by atoms with Crippen LogP contribution in [0.15, 0.2) is 23.6 Å². The normalized spacial score (nSPS) is 18.0. The van der Waals surface area contributed by atoms with Crippen molar-refractivity contribution in [3.8, 4) is 11.5 Å². The fraction of sp³-hybridized carbons (Fsp3) is 0.444. The molecule has 8 heteroatoms. The Balaban J connectivity index is 1.38. The monoisotopic (exact) mass is 374 g/mol. The van der Waals surface area contributed by atoms with Crippen LogP contribution in [0.3, 0.4) is 0 Å². The van der Waals surface area contributed by atoms with E-state index >= 15 is 0 Å². The molecule has 1 saturated heterocycles. The smallest absolute Gasteiger partial charge is 0.270 e. The molecule has 0 radical (unpaired) electrons. The van der Waals surface area contributed by atoms with Crippen LogP contribution in [0.2, 0.25) is 0 Å². The molecule has 0 spiro atoms. The highest BCUT2D eigenvalue weighted by molar-refractivity contribution is 7.13. The summed E-state index contributed by atoms with van der Waals surface area (Å²) in [5.41, 5.74) is 1.72. The SMILES string of the molecule is CNC(=O)c1csc(N2CCN(C(C)c3ccc4c(c3)OCO4)CC2)n1. The molecule has 1 unspecified atom stereocenters. The highest BCUT2D eigenvalue weighted by Crippen LogP contribution is 2.35. The number of amides is 1. The van der Waals surface area contributed by atoms with E-state index in [0.717, 1.165) is 42.8 Å². The molecule has 1 amide bonds. The summed E-state index contributed by atoms with van der Waals surface area (Å²) in [6.45, 7) is 6.22. The molecule has 2 aliphatic rings. The Morgan fingerprint density at radius 1 is 1.23 bits per heavy atom. The fourth-order valence-electron chi connectivity index (χ4n) is 3.33. The molecule has 1 aromatic heterocycles. The topological polar surface area (TPSA) is 66.9 Å². The first-order chi connectivity index (χ1) is 12.7. The number of hydrogen-bond acceptors (Lipinski definition) is 7. The molecule has 1 fully saturated rings. The maximum atomic E-state index is 11.7. The summed E-state index contributed by atoms with van der Waals surface area (Å²) in [6, 6.07) is 6.49. The van der Waals surface area contributed by atoms with Crippen molar-refractivity contribution in [2.75, 3.05) is 44.9 Å². The van der Waals surface area contributed by atoms with Gasteiger partial charge in [0.05, 0.1) is 0 Å². The number of rotatable bonds is 4. The van der Waals surface area contributed by atoms with Crippen LogP contribution < -0.4 is 19.7 Å². The van der Waals surface area contributed by atoms with Gasteiger partial charge < -0.3 is 19.7 Å². The third-order valence-electron chi connectivity index (χ3n) is 4.96. The van der Waals surface area contributed by atoms with Crippen molar-refractivity contribution in [3.05, 3.63) is 34.8 Å². The van der Waals surface area contributed by atoms with E-state index in [1.807, 2.05) is 11.4 Å². The van der Waals surface area contributed by atoms with Crippen LogP contribution in [0, 0.1) is 0 Å². The minimum atomic E-state index is -0.137. The lowest BCUT2D eigenvalue weighted by Gasteiger charge is -2.38. The summed E-state index contributed by atoms with van der Waals surface area (Å²) >= 11 is 1.52. The number of benzene rings is 1. The lowest BCUT2D eigenvalue weighted by molar-refractivity contribution is 0.0959. The zero-order valence-corrected chi connectivity index (χ0v) is 15.7. The molecule has 2 aliphatic heterocycles. The number of anilines is 1. The van der Waals surface area contributed by atoms with Crippen LogP contribution in [0.4, 0.5) is 5.13 Å². The summed E-state index contributed by atoms with van der Waals surface area (Å²) in [7, 11) is 1.62. The van der Waals surface area contributed by atoms with E-state index in [4.69, 9.17) is 9.47 Å². The number of piperazine rings is 1. The lowest BCUT2D eigenvalue weighted by atomic mass is 10.1. The molecule has 2 aromatic rings. The molecule has 0 aliphatic carbocycles. The average molecular weight is 374 g/mol. The van der Waals surface area contributed by atoms with E-state index in [1.54, 1.807) is 7.05 Å². The first-order valence-corrected chi connectivity index (χ1v) is 9.60. The van der Waals surface area contributed by atoms with Crippen LogP contribution >= 0.6 is 11.3 Å². The van der Waals surface area contributed by atoms with Crippen molar-refractivity contribution in [2.45, 2.75) is 13.0 Å². The van der Waals surface area contributed by atoms with Gasteiger partial charge in [0.1, 0.15) is 5.69 Å². The molecular weight excluding hydrogens is 352 g/mol. The Labute approximate surface area is 156 Å². The number of carbonyl (C=O) groups excluding carboxylic acids is 1. The lowest BCUT2D eigenvalue weighted by Crippen LogP contribution is -2.47. The minimum Gasteiger partial charge on any atom is -0.454 e. The predicted octanol–water partition coefficient (Wildman–Crippen LogP) is 2.11. The van der Waals surface area contributed by atoms with Crippen molar-refractivity contribution >= 4 is 22.4 Å². The van der Waals surface area contributed by atoms with Gasteiger partial charge in [-0.1, -0.05) is 6.07 Å². The Morgan fingerprint density at radius 3 is 2.77 bits per heavy atom. The number of hydrogen-bond donors (Lipinski definition) is 1. The zero-order chi connectivity index (χ0) is 18.1. The third-order valence-corrected chi connectivity index (χ3v) is 5.86. The predicted molar refractivity (Wildman–Crippen MR) is 100 cm³/mol. The molecular formula is C18H22N4O3S. The van der Waals surface area contributed by atoms with Gasteiger partial charge >= 0.3 is 0 Å². The second kappa shape index (κ2) is 7.13. The van der Waals surface area contributed by atoms with E-state index in [9.17, 15) is 4.79 Å². The number of aromatic nitrogens is 1. The largest absolute Gasteiger partial charge is 0.454 e. The van der Waals surface area contributed by atoms with E-state index in [-0.39, 0.29) is 5.91 Å². The Kier molecular flexibility index (Phi) is 4.69. The van der Waals surface area contributed by atoms with Crippen LogP contribution in [0.25, 0.3) is 0 Å². The van der Waals surface area contributed by atoms with Crippen molar-refractivity contribution in [2.24, 2.45) is 0 Å². The Hall–Kier alpha value is -2.32. The summed E-state index contributed by atoms with van der Waals surface area (Å²) in [5, 5.41) is 5.35. The van der Waals surface area contributed by atoms with Gasteiger partial charge in [-0.05, 0) is 24.6 Å². The van der Waals surface area contributed by atoms with Crippen LogP contribution in [-0.4, -0.2) is 55.8 Å². The summed E-state index contributed by atoms with van der Waals surface area (Å²) in [4.78, 5) is 20.8. The van der Waals surface area contributed by atoms with Crippen molar-refractivity contribution in [1.29, 1.82) is 0 Å². The van der Waals surface area contributed by atoms with Gasteiger partial charge in [-0.2, -0.15) is 0 Å². The number of nitrogens with zero attached hydrogens (tertiary/aromatic N) is 3. The zero-order valence-electron chi connectivity index (χ0n) is 14.9. The maximum absolute atomic E-state index is 11.7. The average Bonchev–Trinajstić information content (AvgIpc) is 3.35. The minimum absolute atomic E-state index is 0.137. The number of nitrogens with one attached hydrogen (secondary N) is 1. The van der Waals surface area contributed by atoms with Gasteiger partial charge in [0.15, 0.2) is 16.6 Å². The summed E-state index contributed by atoms with van der Waals surface area (Å²) < 4.78 is 10.9.